The van der Waals surface area contributed by atoms with Crippen LogP contribution >= 0.6 is 0 Å². The molecule has 1 aromatic rings. The molecule has 0 aliphatic rings. The molecular weight excluding hydrogens is 295 g/mol. The van der Waals surface area contributed by atoms with E-state index in [0.717, 1.165) is 18.9 Å². The maximum absolute atomic E-state index is 11.9. The summed E-state index contributed by atoms with van der Waals surface area (Å²) < 4.78 is 26.7. The fourth-order valence-corrected chi connectivity index (χ4v) is 2.75. The number of benzene rings is 1. The van der Waals surface area contributed by atoms with Gasteiger partial charge in [-0.3, -0.25) is 4.79 Å². The number of hydrogen-bond donors (Lipinski definition) is 2. The highest BCUT2D eigenvalue weighted by Gasteiger charge is 2.44. The molecule has 0 saturated heterocycles. The average molecular weight is 314 g/mol. The van der Waals surface area contributed by atoms with Crippen LogP contribution in [0, 0.1) is 0 Å². The number of rotatable bonds is 6. The van der Waals surface area contributed by atoms with E-state index < -0.39 is 27.7 Å². The normalized spacial score (nSPS) is 14.3. The van der Waals surface area contributed by atoms with Gasteiger partial charge in [0.1, 0.15) is 0 Å². The van der Waals surface area contributed by atoms with Crippen molar-refractivity contribution < 1.29 is 28.0 Å². The monoisotopic (exact) mass is 314 g/mol. The van der Waals surface area contributed by atoms with Gasteiger partial charge in [-0.2, -0.15) is 0 Å². The molecule has 0 radical (unpaired) electrons. The zero-order valence-electron chi connectivity index (χ0n) is 12.2. The molecule has 21 heavy (non-hydrogen) atoms. The summed E-state index contributed by atoms with van der Waals surface area (Å²) in [6, 6.07) is 6.40. The maximum atomic E-state index is 11.9. The molecule has 1 aromatic carbocycles. The Labute approximate surface area is 124 Å². The minimum Gasteiger partial charge on any atom is -0.468 e. The van der Waals surface area contributed by atoms with Gasteiger partial charge in [-0.1, -0.05) is 24.3 Å². The second-order valence-corrected chi connectivity index (χ2v) is 7.56. The molecular formula is C13H19BO6S. The lowest BCUT2D eigenvalue weighted by Crippen LogP contribution is -2.44. The predicted octanol–water partition coefficient (Wildman–Crippen LogP) is -0.725. The first-order valence-corrected chi connectivity index (χ1v) is 8.24. The highest BCUT2D eigenvalue weighted by molar-refractivity contribution is 7.92. The Balaban J connectivity index is 2.90. The zero-order chi connectivity index (χ0) is 16.3. The van der Waals surface area contributed by atoms with Crippen LogP contribution in [-0.4, -0.2) is 49.7 Å². The highest BCUT2D eigenvalue weighted by atomic mass is 32.2. The number of methoxy groups -OCH3 is 1. The van der Waals surface area contributed by atoms with Crippen molar-refractivity contribution in [3.63, 3.8) is 0 Å². The SMILES string of the molecule is COC(=O)[C@@](C)(CCc1ccc(B(O)O)cc1)S(C)(=O)=O. The van der Waals surface area contributed by atoms with Gasteiger partial charge in [0, 0.05) is 6.26 Å². The molecule has 116 valence electrons. The Hall–Kier alpha value is -1.38. The van der Waals surface area contributed by atoms with Gasteiger partial charge in [-0.05, 0) is 30.8 Å². The van der Waals surface area contributed by atoms with E-state index in [4.69, 9.17) is 10.0 Å². The van der Waals surface area contributed by atoms with Crippen LogP contribution in [0.15, 0.2) is 24.3 Å². The second kappa shape index (κ2) is 6.59. The summed E-state index contributed by atoms with van der Waals surface area (Å²) in [6.45, 7) is 1.35. The van der Waals surface area contributed by atoms with Gasteiger partial charge in [0.25, 0.3) is 0 Å². The maximum Gasteiger partial charge on any atom is 0.488 e. The lowest BCUT2D eigenvalue weighted by molar-refractivity contribution is -0.143. The molecule has 6 nitrogen and oxygen atoms in total. The molecule has 0 saturated carbocycles. The summed E-state index contributed by atoms with van der Waals surface area (Å²) in [4.78, 5) is 11.8. The number of aryl methyl sites for hydroxylation is 1. The molecule has 1 rings (SSSR count). The zero-order valence-corrected chi connectivity index (χ0v) is 13.1. The van der Waals surface area contributed by atoms with Crippen LogP contribution in [0.25, 0.3) is 0 Å². The van der Waals surface area contributed by atoms with Crippen LogP contribution in [0.4, 0.5) is 0 Å². The third kappa shape index (κ3) is 4.06. The van der Waals surface area contributed by atoms with Crippen molar-refractivity contribution in [1.82, 2.24) is 0 Å². The molecule has 0 aromatic heterocycles. The number of carbonyl (C=O) groups excluding carboxylic acids is 1. The van der Waals surface area contributed by atoms with Crippen molar-refractivity contribution in [2.24, 2.45) is 0 Å². The van der Waals surface area contributed by atoms with Gasteiger partial charge in [0.15, 0.2) is 14.6 Å². The van der Waals surface area contributed by atoms with Crippen LogP contribution in [-0.2, 0) is 25.8 Å². The van der Waals surface area contributed by atoms with E-state index in [2.05, 4.69) is 4.74 Å². The molecule has 0 bridgehead atoms. The molecule has 0 spiro atoms. The summed E-state index contributed by atoms with van der Waals surface area (Å²) in [5.74, 6) is -0.785. The molecule has 0 fully saturated rings. The van der Waals surface area contributed by atoms with Crippen LogP contribution in [0.3, 0.4) is 0 Å². The minimum absolute atomic E-state index is 0.0829. The number of esters is 1. The average Bonchev–Trinajstić information content (AvgIpc) is 2.42. The van der Waals surface area contributed by atoms with Crippen molar-refractivity contribution in [3.05, 3.63) is 29.8 Å². The van der Waals surface area contributed by atoms with Crippen molar-refractivity contribution in [2.45, 2.75) is 24.5 Å². The van der Waals surface area contributed by atoms with Gasteiger partial charge in [0.2, 0.25) is 0 Å². The fourth-order valence-electron chi connectivity index (χ4n) is 1.89. The number of ether oxygens (including phenoxy) is 1. The first kappa shape index (κ1) is 17.7. The molecule has 8 heteroatoms. The van der Waals surface area contributed by atoms with Crippen LogP contribution in [0.5, 0.6) is 0 Å². The molecule has 0 aliphatic heterocycles. The first-order chi connectivity index (χ1) is 9.61. The third-order valence-corrected chi connectivity index (χ3v) is 5.61. The van der Waals surface area contributed by atoms with Crippen LogP contribution in [0.2, 0.25) is 0 Å². The van der Waals surface area contributed by atoms with Gasteiger partial charge in [-0.25, -0.2) is 8.42 Å². The third-order valence-electron chi connectivity index (χ3n) is 3.60. The largest absolute Gasteiger partial charge is 0.488 e. The Bertz CT molecular complexity index is 596. The van der Waals surface area contributed by atoms with E-state index >= 15 is 0 Å². The van der Waals surface area contributed by atoms with E-state index in [-0.39, 0.29) is 6.42 Å². The van der Waals surface area contributed by atoms with Gasteiger partial charge in [-0.15, -0.1) is 0 Å². The van der Waals surface area contributed by atoms with Gasteiger partial charge < -0.3 is 14.8 Å². The topological polar surface area (TPSA) is 101 Å². The Morgan fingerprint density at radius 3 is 2.19 bits per heavy atom. The molecule has 0 aliphatic carbocycles. The minimum atomic E-state index is -3.62. The van der Waals surface area contributed by atoms with Crippen molar-refractivity contribution >= 4 is 28.4 Å². The van der Waals surface area contributed by atoms with Crippen molar-refractivity contribution in [1.29, 1.82) is 0 Å². The summed E-state index contributed by atoms with van der Waals surface area (Å²) in [6.07, 6.45) is 1.44. The lowest BCUT2D eigenvalue weighted by Gasteiger charge is -2.24. The quantitative estimate of drug-likeness (QED) is 0.531. The van der Waals surface area contributed by atoms with E-state index in [0.29, 0.717) is 11.9 Å². The van der Waals surface area contributed by atoms with E-state index in [1.165, 1.54) is 19.1 Å². The lowest BCUT2D eigenvalue weighted by atomic mass is 9.80. The van der Waals surface area contributed by atoms with E-state index in [1.807, 2.05) is 0 Å². The van der Waals surface area contributed by atoms with E-state index in [1.54, 1.807) is 12.1 Å². The molecule has 0 heterocycles. The summed E-state index contributed by atoms with van der Waals surface area (Å²) in [5.41, 5.74) is 1.13. The first-order valence-electron chi connectivity index (χ1n) is 6.35. The van der Waals surface area contributed by atoms with E-state index in [9.17, 15) is 13.2 Å². The predicted molar refractivity (Wildman–Crippen MR) is 79.9 cm³/mol. The number of carbonyl (C=O) groups is 1. The molecule has 0 amide bonds. The Morgan fingerprint density at radius 1 is 1.29 bits per heavy atom. The number of hydrogen-bond acceptors (Lipinski definition) is 6. The molecule has 0 unspecified atom stereocenters. The summed E-state index contributed by atoms with van der Waals surface area (Å²) >= 11 is 0. The smallest absolute Gasteiger partial charge is 0.468 e. The standard InChI is InChI=1S/C13H19BO6S/c1-13(12(15)20-2,21(3,18)19)9-8-10-4-6-11(7-5-10)14(16)17/h4-7,16-17H,8-9H2,1-3H3/t13-/m1/s1. The summed E-state index contributed by atoms with van der Waals surface area (Å²) in [7, 11) is -4.01. The molecule has 2 N–H and O–H groups in total. The fraction of sp³-hybridized carbons (Fsp3) is 0.462. The van der Waals surface area contributed by atoms with Crippen molar-refractivity contribution in [3.8, 4) is 0 Å². The Morgan fingerprint density at radius 2 is 1.81 bits per heavy atom. The van der Waals surface area contributed by atoms with Crippen LogP contribution in [0.1, 0.15) is 18.9 Å². The van der Waals surface area contributed by atoms with Gasteiger partial charge in [0.05, 0.1) is 7.11 Å². The second-order valence-electron chi connectivity index (χ2n) is 5.11. The molecule has 1 atom stereocenters. The summed E-state index contributed by atoms with van der Waals surface area (Å²) in [5, 5.41) is 18.0. The van der Waals surface area contributed by atoms with Crippen molar-refractivity contribution in [2.75, 3.05) is 13.4 Å². The number of sulfone groups is 1. The van der Waals surface area contributed by atoms with Gasteiger partial charge >= 0.3 is 13.1 Å². The van der Waals surface area contributed by atoms with Crippen LogP contribution < -0.4 is 5.46 Å². The highest BCUT2D eigenvalue weighted by Crippen LogP contribution is 2.24. The Kier molecular flexibility index (Phi) is 5.55.